The van der Waals surface area contributed by atoms with E-state index in [2.05, 4.69) is 217 Å². The highest BCUT2D eigenvalue weighted by Gasteiger charge is 2.25. The Morgan fingerprint density at radius 3 is 1.65 bits per heavy atom. The molecule has 9 aromatic rings. The lowest BCUT2D eigenvalue weighted by molar-refractivity contribution is 0.443. The van der Waals surface area contributed by atoms with E-state index in [1.807, 2.05) is 0 Å². The molecule has 0 fully saturated rings. The molecular formula is C52H38N2. The molecule has 2 heteroatoms. The molecule has 0 aliphatic carbocycles. The molecule has 256 valence electrons. The molecule has 0 amide bonds. The molecule has 2 unspecified atom stereocenters. The number of benzene rings is 9. The van der Waals surface area contributed by atoms with Gasteiger partial charge in [0.2, 0.25) is 0 Å². The van der Waals surface area contributed by atoms with E-state index in [9.17, 15) is 0 Å². The van der Waals surface area contributed by atoms with E-state index in [4.69, 9.17) is 0 Å². The maximum Gasteiger partial charge on any atom is 0.104 e. The normalized spacial score (nSPS) is 15.6. The minimum absolute atomic E-state index is 0.00939. The predicted octanol–water partition coefficient (Wildman–Crippen LogP) is 13.1. The molecule has 0 radical (unpaired) electrons. The summed E-state index contributed by atoms with van der Waals surface area (Å²) in [7, 11) is 0. The maximum atomic E-state index is 3.93. The van der Waals surface area contributed by atoms with Crippen LogP contribution in [0.5, 0.6) is 0 Å². The van der Waals surface area contributed by atoms with E-state index in [0.29, 0.717) is 0 Å². The number of hydrogen-bond acceptors (Lipinski definition) is 2. The first-order valence-corrected chi connectivity index (χ1v) is 18.7. The Labute approximate surface area is 316 Å². The maximum absolute atomic E-state index is 3.93. The fourth-order valence-electron chi connectivity index (χ4n) is 8.21. The van der Waals surface area contributed by atoms with Gasteiger partial charge in [-0.25, -0.2) is 0 Å². The highest BCUT2D eigenvalue weighted by atomic mass is 15.2. The second-order valence-corrected chi connectivity index (χ2v) is 14.2. The highest BCUT2D eigenvalue weighted by Crippen LogP contribution is 2.42. The molecule has 0 aromatic heterocycles. The van der Waals surface area contributed by atoms with Gasteiger partial charge in [-0.1, -0.05) is 176 Å². The van der Waals surface area contributed by atoms with Crippen molar-refractivity contribution in [3.63, 3.8) is 0 Å². The average molecular weight is 691 g/mol. The summed E-state index contributed by atoms with van der Waals surface area (Å²) >= 11 is 0. The minimum atomic E-state index is -0.0846. The number of nitrogens with one attached hydrogen (secondary N) is 2. The molecule has 2 nitrogen and oxygen atoms in total. The van der Waals surface area contributed by atoms with Gasteiger partial charge in [0.1, 0.15) is 6.17 Å². The van der Waals surface area contributed by atoms with Gasteiger partial charge >= 0.3 is 0 Å². The van der Waals surface area contributed by atoms with Gasteiger partial charge in [-0.15, -0.1) is 0 Å². The van der Waals surface area contributed by atoms with Gasteiger partial charge < -0.3 is 5.32 Å². The molecule has 1 aliphatic rings. The molecule has 2 atom stereocenters. The van der Waals surface area contributed by atoms with Gasteiger partial charge in [-0.2, -0.15) is 0 Å². The standard InChI is InChI=1S/C52H38N2/c1-4-14-35(15-5-1)37-24-26-39(27-25-37)49-34-50(54-52(53-49)40-19-8-3-9-20-40)43-30-42(36-16-6-2-7-17-36)31-44(32-43)51-46-23-13-11-21-41(46)33-48-45-22-12-10-18-38(45)28-29-47(48)51/h1-34,49,52-54H. The Hall–Kier alpha value is -6.74. The summed E-state index contributed by atoms with van der Waals surface area (Å²) in [6.07, 6.45) is 2.28. The van der Waals surface area contributed by atoms with E-state index in [1.54, 1.807) is 0 Å². The van der Waals surface area contributed by atoms with E-state index in [0.717, 1.165) is 11.3 Å². The van der Waals surface area contributed by atoms with Crippen LogP contribution < -0.4 is 10.6 Å². The Morgan fingerprint density at radius 1 is 0.333 bits per heavy atom. The number of hydrogen-bond donors (Lipinski definition) is 2. The van der Waals surface area contributed by atoms with Crippen LogP contribution in [-0.4, -0.2) is 0 Å². The van der Waals surface area contributed by atoms with E-state index in [-0.39, 0.29) is 12.2 Å². The van der Waals surface area contributed by atoms with Gasteiger partial charge in [0, 0.05) is 5.70 Å². The molecule has 2 N–H and O–H groups in total. The largest absolute Gasteiger partial charge is 0.366 e. The van der Waals surface area contributed by atoms with Crippen molar-refractivity contribution in [3.8, 4) is 33.4 Å². The summed E-state index contributed by atoms with van der Waals surface area (Å²) in [6.45, 7) is 0. The highest BCUT2D eigenvalue weighted by molar-refractivity contribution is 6.20. The fraction of sp³-hybridized carbons (Fsp3) is 0.0385. The van der Waals surface area contributed by atoms with Crippen LogP contribution in [0.15, 0.2) is 206 Å². The molecule has 9 aromatic carbocycles. The van der Waals surface area contributed by atoms with Gasteiger partial charge in [0.25, 0.3) is 0 Å². The zero-order chi connectivity index (χ0) is 35.8. The van der Waals surface area contributed by atoms with Crippen molar-refractivity contribution in [3.05, 3.63) is 223 Å². The lowest BCUT2D eigenvalue weighted by Gasteiger charge is -2.33. The predicted molar refractivity (Wildman–Crippen MR) is 228 cm³/mol. The van der Waals surface area contributed by atoms with Crippen molar-refractivity contribution < 1.29 is 0 Å². The van der Waals surface area contributed by atoms with Crippen LogP contribution >= 0.6 is 0 Å². The van der Waals surface area contributed by atoms with Crippen LogP contribution in [-0.2, 0) is 0 Å². The fourth-order valence-corrected chi connectivity index (χ4v) is 8.21. The molecule has 54 heavy (non-hydrogen) atoms. The summed E-state index contributed by atoms with van der Waals surface area (Å²) in [6, 6.07) is 72.7. The Morgan fingerprint density at radius 2 is 0.907 bits per heavy atom. The van der Waals surface area contributed by atoms with Crippen LogP contribution in [0.25, 0.3) is 71.4 Å². The number of rotatable bonds is 6. The first-order valence-electron chi connectivity index (χ1n) is 18.7. The molecule has 0 spiro atoms. The number of fused-ring (bicyclic) bond motifs is 4. The first kappa shape index (κ1) is 32.0. The monoisotopic (exact) mass is 690 g/mol. The van der Waals surface area contributed by atoms with Crippen LogP contribution in [0.3, 0.4) is 0 Å². The van der Waals surface area contributed by atoms with Crippen molar-refractivity contribution in [1.29, 1.82) is 0 Å². The lowest BCUT2D eigenvalue weighted by Crippen LogP contribution is -2.39. The Balaban J connectivity index is 1.18. The van der Waals surface area contributed by atoms with Gasteiger partial charge in [-0.3, -0.25) is 5.32 Å². The van der Waals surface area contributed by atoms with E-state index < -0.39 is 0 Å². The second-order valence-electron chi connectivity index (χ2n) is 14.2. The molecule has 10 rings (SSSR count). The molecule has 1 aliphatic heterocycles. The molecular weight excluding hydrogens is 653 g/mol. The van der Waals surface area contributed by atoms with Crippen LogP contribution in [0.4, 0.5) is 0 Å². The van der Waals surface area contributed by atoms with Crippen molar-refractivity contribution >= 4 is 38.0 Å². The summed E-state index contributed by atoms with van der Waals surface area (Å²) in [5.74, 6) is 0. The zero-order valence-corrected chi connectivity index (χ0v) is 29.8. The summed E-state index contributed by atoms with van der Waals surface area (Å²) in [5.41, 5.74) is 12.0. The van der Waals surface area contributed by atoms with Crippen molar-refractivity contribution in [2.45, 2.75) is 12.2 Å². The van der Waals surface area contributed by atoms with Crippen molar-refractivity contribution in [1.82, 2.24) is 10.6 Å². The first-order chi connectivity index (χ1) is 26.7. The topological polar surface area (TPSA) is 24.1 Å². The molecule has 0 bridgehead atoms. The van der Waals surface area contributed by atoms with Gasteiger partial charge in [0.15, 0.2) is 0 Å². The second kappa shape index (κ2) is 13.7. The Bertz CT molecular complexity index is 2810. The van der Waals surface area contributed by atoms with Crippen molar-refractivity contribution in [2.24, 2.45) is 0 Å². The lowest BCUT2D eigenvalue weighted by atomic mass is 9.87. The summed E-state index contributed by atoms with van der Waals surface area (Å²) in [5, 5.41) is 15.4. The average Bonchev–Trinajstić information content (AvgIpc) is 3.26. The van der Waals surface area contributed by atoms with Crippen LogP contribution in [0.1, 0.15) is 28.9 Å². The smallest absolute Gasteiger partial charge is 0.104 e. The third-order valence-electron chi connectivity index (χ3n) is 10.9. The minimum Gasteiger partial charge on any atom is -0.366 e. The van der Waals surface area contributed by atoms with Gasteiger partial charge in [-0.05, 0) is 113 Å². The van der Waals surface area contributed by atoms with E-state index >= 15 is 0 Å². The van der Waals surface area contributed by atoms with Crippen LogP contribution in [0.2, 0.25) is 0 Å². The third kappa shape index (κ3) is 5.93. The molecule has 0 saturated heterocycles. The summed E-state index contributed by atoms with van der Waals surface area (Å²) in [4.78, 5) is 0. The van der Waals surface area contributed by atoms with Crippen molar-refractivity contribution in [2.75, 3.05) is 0 Å². The van der Waals surface area contributed by atoms with Gasteiger partial charge in [0.05, 0.1) is 6.04 Å². The summed E-state index contributed by atoms with van der Waals surface area (Å²) < 4.78 is 0. The van der Waals surface area contributed by atoms with E-state index in [1.165, 1.54) is 76.8 Å². The Kier molecular flexibility index (Phi) is 8.09. The third-order valence-corrected chi connectivity index (χ3v) is 10.9. The molecule has 1 heterocycles. The zero-order valence-electron chi connectivity index (χ0n) is 29.8. The molecule has 0 saturated carbocycles. The van der Waals surface area contributed by atoms with Crippen LogP contribution in [0, 0.1) is 0 Å². The SMILES string of the molecule is C1=C(c2cc(-c3ccccc3)cc(-c3c4ccccc4cc4c3ccc3ccccc34)c2)NC(c2ccccc2)NC1c1ccc(-c2ccccc2)cc1. The quantitative estimate of drug-likeness (QED) is 0.134.